The van der Waals surface area contributed by atoms with Crippen LogP contribution >= 0.6 is 0 Å². The monoisotopic (exact) mass is 344 g/mol. The van der Waals surface area contributed by atoms with Gasteiger partial charge in [-0.25, -0.2) is 4.79 Å². The molecule has 3 aromatic rings. The second-order valence-corrected chi connectivity index (χ2v) is 6.24. The maximum absolute atomic E-state index is 13.1. The Hall–Kier alpha value is -3.20. The van der Waals surface area contributed by atoms with Gasteiger partial charge in [0, 0.05) is 11.1 Å². The Morgan fingerprint density at radius 3 is 1.96 bits per heavy atom. The molecule has 0 unspecified atom stereocenters. The first-order valence-corrected chi connectivity index (χ1v) is 8.48. The molecular formula is C23H20O3. The van der Waals surface area contributed by atoms with Gasteiger partial charge in [0.2, 0.25) is 5.78 Å². The summed E-state index contributed by atoms with van der Waals surface area (Å²) in [5.74, 6) is -0.746. The number of ketones is 1. The molecular weight excluding hydrogens is 324 g/mol. The second kappa shape index (κ2) is 7.79. The molecule has 3 aromatic carbocycles. The van der Waals surface area contributed by atoms with Crippen LogP contribution in [0.4, 0.5) is 0 Å². The van der Waals surface area contributed by atoms with Gasteiger partial charge in [0.05, 0.1) is 5.56 Å². The molecule has 26 heavy (non-hydrogen) atoms. The molecule has 0 fully saturated rings. The van der Waals surface area contributed by atoms with Gasteiger partial charge in [0.1, 0.15) is 0 Å². The van der Waals surface area contributed by atoms with Crippen LogP contribution in [-0.2, 0) is 4.74 Å². The molecule has 0 bridgehead atoms. The van der Waals surface area contributed by atoms with Crippen LogP contribution in [0.2, 0.25) is 0 Å². The molecule has 0 amide bonds. The SMILES string of the molecule is Cc1ccc(C)c([C@H](OC(=O)c2ccccc2)C(=O)c2ccccc2)c1. The highest BCUT2D eigenvalue weighted by Crippen LogP contribution is 2.27. The van der Waals surface area contributed by atoms with E-state index in [1.54, 1.807) is 48.5 Å². The summed E-state index contributed by atoms with van der Waals surface area (Å²) in [6, 6.07) is 23.4. The average molecular weight is 344 g/mol. The van der Waals surface area contributed by atoms with E-state index in [2.05, 4.69) is 0 Å². The number of hydrogen-bond acceptors (Lipinski definition) is 3. The first-order valence-electron chi connectivity index (χ1n) is 8.48. The highest BCUT2D eigenvalue weighted by atomic mass is 16.5. The molecule has 0 radical (unpaired) electrons. The number of carbonyl (C=O) groups excluding carboxylic acids is 2. The standard InChI is InChI=1S/C23H20O3/c1-16-13-14-17(2)20(15-16)22(21(24)18-9-5-3-6-10-18)26-23(25)19-11-7-4-8-12-19/h3-15,22H,1-2H3/t22-/m0/s1. The number of aryl methyl sites for hydroxylation is 2. The van der Waals surface area contributed by atoms with Crippen LogP contribution in [0.1, 0.15) is 43.5 Å². The third-order valence-corrected chi connectivity index (χ3v) is 4.25. The Kier molecular flexibility index (Phi) is 5.28. The molecule has 0 aliphatic rings. The van der Waals surface area contributed by atoms with Gasteiger partial charge in [0.25, 0.3) is 0 Å². The van der Waals surface area contributed by atoms with E-state index in [-0.39, 0.29) is 5.78 Å². The zero-order valence-electron chi connectivity index (χ0n) is 14.8. The summed E-state index contributed by atoms with van der Waals surface area (Å²) in [5.41, 5.74) is 3.56. The van der Waals surface area contributed by atoms with Gasteiger partial charge in [0.15, 0.2) is 6.10 Å². The predicted molar refractivity (Wildman–Crippen MR) is 101 cm³/mol. The maximum atomic E-state index is 13.1. The molecule has 3 rings (SSSR count). The summed E-state index contributed by atoms with van der Waals surface area (Å²) >= 11 is 0. The van der Waals surface area contributed by atoms with E-state index in [0.29, 0.717) is 16.7 Å². The first kappa shape index (κ1) is 17.6. The van der Waals surface area contributed by atoms with E-state index < -0.39 is 12.1 Å². The van der Waals surface area contributed by atoms with Crippen molar-refractivity contribution in [1.82, 2.24) is 0 Å². The van der Waals surface area contributed by atoms with Crippen molar-refractivity contribution >= 4 is 11.8 Å². The summed E-state index contributed by atoms with van der Waals surface area (Å²) in [7, 11) is 0. The summed E-state index contributed by atoms with van der Waals surface area (Å²) in [6.45, 7) is 3.86. The van der Waals surface area contributed by atoms with Crippen molar-refractivity contribution in [2.45, 2.75) is 20.0 Å². The molecule has 130 valence electrons. The summed E-state index contributed by atoms with van der Waals surface area (Å²) in [4.78, 5) is 25.7. The van der Waals surface area contributed by atoms with Crippen molar-refractivity contribution in [2.24, 2.45) is 0 Å². The third kappa shape index (κ3) is 3.89. The summed E-state index contributed by atoms with van der Waals surface area (Å²) in [6.07, 6.45) is -0.981. The lowest BCUT2D eigenvalue weighted by Gasteiger charge is -2.20. The van der Waals surface area contributed by atoms with Gasteiger partial charge in [-0.15, -0.1) is 0 Å². The molecule has 0 spiro atoms. The number of benzene rings is 3. The first-order chi connectivity index (χ1) is 12.6. The number of ether oxygens (including phenoxy) is 1. The predicted octanol–water partition coefficient (Wildman–Crippen LogP) is 5.08. The van der Waals surface area contributed by atoms with E-state index in [1.807, 2.05) is 44.2 Å². The van der Waals surface area contributed by atoms with Crippen LogP contribution in [0.5, 0.6) is 0 Å². The lowest BCUT2D eigenvalue weighted by molar-refractivity contribution is 0.0279. The zero-order chi connectivity index (χ0) is 18.5. The Morgan fingerprint density at radius 2 is 1.35 bits per heavy atom. The number of hydrogen-bond donors (Lipinski definition) is 0. The fourth-order valence-electron chi connectivity index (χ4n) is 2.80. The van der Waals surface area contributed by atoms with Gasteiger partial charge in [-0.05, 0) is 31.5 Å². The normalized spacial score (nSPS) is 11.6. The maximum Gasteiger partial charge on any atom is 0.339 e. The fourth-order valence-corrected chi connectivity index (χ4v) is 2.80. The number of carbonyl (C=O) groups is 2. The van der Waals surface area contributed by atoms with Gasteiger partial charge in [-0.2, -0.15) is 0 Å². The molecule has 0 saturated heterocycles. The summed E-state index contributed by atoms with van der Waals surface area (Å²) in [5, 5.41) is 0. The van der Waals surface area contributed by atoms with Gasteiger partial charge in [-0.3, -0.25) is 4.79 Å². The van der Waals surface area contributed by atoms with Crippen molar-refractivity contribution in [1.29, 1.82) is 0 Å². The quantitative estimate of drug-likeness (QED) is 0.478. The molecule has 0 aliphatic carbocycles. The van der Waals surface area contributed by atoms with E-state index in [0.717, 1.165) is 11.1 Å². The van der Waals surface area contributed by atoms with Crippen molar-refractivity contribution in [3.63, 3.8) is 0 Å². The lowest BCUT2D eigenvalue weighted by atomic mass is 9.95. The van der Waals surface area contributed by atoms with Crippen LogP contribution < -0.4 is 0 Å². The number of esters is 1. The zero-order valence-corrected chi connectivity index (χ0v) is 14.8. The van der Waals surface area contributed by atoms with Crippen molar-refractivity contribution in [3.8, 4) is 0 Å². The highest BCUT2D eigenvalue weighted by Gasteiger charge is 2.28. The van der Waals surface area contributed by atoms with E-state index in [4.69, 9.17) is 4.74 Å². The Labute approximate surface area is 153 Å². The van der Waals surface area contributed by atoms with Crippen LogP contribution in [0.3, 0.4) is 0 Å². The molecule has 0 aliphatic heterocycles. The summed E-state index contributed by atoms with van der Waals surface area (Å²) < 4.78 is 5.69. The Bertz CT molecular complexity index is 915. The van der Waals surface area contributed by atoms with Crippen molar-refractivity contribution < 1.29 is 14.3 Å². The molecule has 0 heterocycles. The molecule has 0 saturated carbocycles. The van der Waals surface area contributed by atoms with Crippen molar-refractivity contribution in [2.75, 3.05) is 0 Å². The van der Waals surface area contributed by atoms with Crippen LogP contribution in [0, 0.1) is 13.8 Å². The molecule has 3 heteroatoms. The molecule has 3 nitrogen and oxygen atoms in total. The van der Waals surface area contributed by atoms with E-state index in [9.17, 15) is 9.59 Å². The minimum Gasteiger partial charge on any atom is -0.445 e. The van der Waals surface area contributed by atoms with E-state index >= 15 is 0 Å². The minimum atomic E-state index is -0.981. The number of Topliss-reactive ketones (excluding diaryl/α,β-unsaturated/α-hetero) is 1. The molecule has 0 aromatic heterocycles. The topological polar surface area (TPSA) is 43.4 Å². The number of rotatable bonds is 5. The minimum absolute atomic E-state index is 0.233. The fraction of sp³-hybridized carbons (Fsp3) is 0.130. The van der Waals surface area contributed by atoms with Crippen LogP contribution in [0.15, 0.2) is 78.9 Å². The van der Waals surface area contributed by atoms with Crippen LogP contribution in [0.25, 0.3) is 0 Å². The van der Waals surface area contributed by atoms with Gasteiger partial charge in [-0.1, -0.05) is 72.3 Å². The smallest absolute Gasteiger partial charge is 0.339 e. The van der Waals surface area contributed by atoms with Gasteiger partial charge < -0.3 is 4.74 Å². The van der Waals surface area contributed by atoms with Crippen molar-refractivity contribution in [3.05, 3.63) is 107 Å². The Morgan fingerprint density at radius 1 is 0.769 bits per heavy atom. The second-order valence-electron chi connectivity index (χ2n) is 6.24. The Balaban J connectivity index is 2.00. The largest absolute Gasteiger partial charge is 0.445 e. The average Bonchev–Trinajstić information content (AvgIpc) is 2.69. The van der Waals surface area contributed by atoms with E-state index in [1.165, 1.54) is 0 Å². The molecule has 0 N–H and O–H groups in total. The van der Waals surface area contributed by atoms with Crippen LogP contribution in [-0.4, -0.2) is 11.8 Å². The highest BCUT2D eigenvalue weighted by molar-refractivity contribution is 6.02. The third-order valence-electron chi connectivity index (χ3n) is 4.25. The van der Waals surface area contributed by atoms with Gasteiger partial charge >= 0.3 is 5.97 Å². The lowest BCUT2D eigenvalue weighted by Crippen LogP contribution is -2.21. The molecule has 1 atom stereocenters.